The lowest BCUT2D eigenvalue weighted by Crippen LogP contribution is -2.33. The Labute approximate surface area is 131 Å². The van der Waals surface area contributed by atoms with Gasteiger partial charge in [0.25, 0.3) is 0 Å². The van der Waals surface area contributed by atoms with Crippen LogP contribution in [0.3, 0.4) is 0 Å². The van der Waals surface area contributed by atoms with Crippen molar-refractivity contribution < 1.29 is 0 Å². The van der Waals surface area contributed by atoms with Gasteiger partial charge in [-0.05, 0) is 55.1 Å². The molecule has 1 aliphatic carbocycles. The van der Waals surface area contributed by atoms with Crippen molar-refractivity contribution >= 4 is 15.9 Å². The molecule has 0 saturated heterocycles. The van der Waals surface area contributed by atoms with Crippen LogP contribution in [0.2, 0.25) is 0 Å². The Morgan fingerprint density at radius 3 is 2.35 bits per heavy atom. The normalized spacial score (nSPS) is 27.1. The van der Waals surface area contributed by atoms with Crippen molar-refractivity contribution in [1.82, 2.24) is 0 Å². The maximum atomic E-state index is 9.72. The standard InChI is InChI=1S/C18H24BrN/c1-17(2,3)15-8-10-18(13-20,11-9-15)12-14-6-4-5-7-16(14)19/h4-7,15H,8-12H2,1-3H3. The van der Waals surface area contributed by atoms with E-state index in [0.29, 0.717) is 5.41 Å². The van der Waals surface area contributed by atoms with Crippen molar-refractivity contribution in [3.8, 4) is 6.07 Å². The molecule has 1 saturated carbocycles. The molecule has 0 aliphatic heterocycles. The summed E-state index contributed by atoms with van der Waals surface area (Å²) in [4.78, 5) is 0. The van der Waals surface area contributed by atoms with Crippen molar-refractivity contribution in [2.45, 2.75) is 52.9 Å². The fourth-order valence-corrected chi connectivity index (χ4v) is 3.80. The molecular weight excluding hydrogens is 310 g/mol. The van der Waals surface area contributed by atoms with E-state index in [1.54, 1.807) is 0 Å². The lowest BCUT2D eigenvalue weighted by Gasteiger charge is -2.40. The van der Waals surface area contributed by atoms with Crippen LogP contribution in [0.25, 0.3) is 0 Å². The first kappa shape index (κ1) is 15.6. The van der Waals surface area contributed by atoms with E-state index >= 15 is 0 Å². The topological polar surface area (TPSA) is 23.8 Å². The summed E-state index contributed by atoms with van der Waals surface area (Å²) in [5.41, 5.74) is 1.48. The molecule has 0 atom stereocenters. The number of benzene rings is 1. The van der Waals surface area contributed by atoms with E-state index in [1.165, 1.54) is 18.4 Å². The molecule has 1 nitrogen and oxygen atoms in total. The molecule has 0 aromatic heterocycles. The van der Waals surface area contributed by atoms with Crippen molar-refractivity contribution in [2.75, 3.05) is 0 Å². The van der Waals surface area contributed by atoms with Crippen LogP contribution >= 0.6 is 15.9 Å². The summed E-state index contributed by atoms with van der Waals surface area (Å²) in [7, 11) is 0. The van der Waals surface area contributed by atoms with Gasteiger partial charge in [0.05, 0.1) is 11.5 Å². The Hall–Kier alpha value is -0.810. The number of nitriles is 1. The van der Waals surface area contributed by atoms with Gasteiger partial charge in [-0.15, -0.1) is 0 Å². The zero-order valence-corrected chi connectivity index (χ0v) is 14.3. The molecule has 2 heteroatoms. The third-order valence-corrected chi connectivity index (χ3v) is 5.66. The summed E-state index contributed by atoms with van der Waals surface area (Å²) < 4.78 is 1.13. The van der Waals surface area contributed by atoms with Crippen molar-refractivity contribution in [3.63, 3.8) is 0 Å². The van der Waals surface area contributed by atoms with Crippen molar-refractivity contribution in [2.24, 2.45) is 16.7 Å². The summed E-state index contributed by atoms with van der Waals surface area (Å²) in [6.07, 6.45) is 5.31. The van der Waals surface area contributed by atoms with Crippen LogP contribution < -0.4 is 0 Å². The molecule has 0 heterocycles. The highest BCUT2D eigenvalue weighted by atomic mass is 79.9. The first-order valence-corrected chi connectivity index (χ1v) is 8.30. The van der Waals surface area contributed by atoms with E-state index in [4.69, 9.17) is 0 Å². The number of hydrogen-bond acceptors (Lipinski definition) is 1. The third kappa shape index (κ3) is 3.44. The van der Waals surface area contributed by atoms with Gasteiger partial charge in [0.15, 0.2) is 0 Å². The van der Waals surface area contributed by atoms with E-state index in [0.717, 1.165) is 29.7 Å². The quantitative estimate of drug-likeness (QED) is 0.677. The van der Waals surface area contributed by atoms with E-state index in [-0.39, 0.29) is 5.41 Å². The van der Waals surface area contributed by atoms with E-state index in [9.17, 15) is 5.26 Å². The first-order chi connectivity index (χ1) is 9.36. The largest absolute Gasteiger partial charge is 0.198 e. The summed E-state index contributed by atoms with van der Waals surface area (Å²) >= 11 is 3.61. The van der Waals surface area contributed by atoms with Gasteiger partial charge in [-0.25, -0.2) is 0 Å². The molecule has 0 amide bonds. The maximum Gasteiger partial charge on any atom is 0.0693 e. The molecule has 0 radical (unpaired) electrons. The van der Waals surface area contributed by atoms with Crippen LogP contribution in [0.15, 0.2) is 28.7 Å². The SMILES string of the molecule is CC(C)(C)C1CCC(C#N)(Cc2ccccc2Br)CC1. The fourth-order valence-electron chi connectivity index (χ4n) is 3.37. The average molecular weight is 334 g/mol. The molecule has 0 unspecified atom stereocenters. The molecule has 2 rings (SSSR count). The molecular formula is C18H24BrN. The zero-order valence-electron chi connectivity index (χ0n) is 12.7. The summed E-state index contributed by atoms with van der Waals surface area (Å²) in [5.74, 6) is 0.753. The van der Waals surface area contributed by atoms with Crippen LogP contribution in [0.4, 0.5) is 0 Å². The van der Waals surface area contributed by atoms with Gasteiger partial charge in [-0.2, -0.15) is 5.26 Å². The smallest absolute Gasteiger partial charge is 0.0693 e. The summed E-state index contributed by atoms with van der Waals surface area (Å²) in [6.45, 7) is 6.97. The Kier molecular flexibility index (Phi) is 4.59. The van der Waals surface area contributed by atoms with Crippen molar-refractivity contribution in [1.29, 1.82) is 5.26 Å². The number of rotatable bonds is 2. The van der Waals surface area contributed by atoms with Crippen LogP contribution in [0.5, 0.6) is 0 Å². The fraction of sp³-hybridized carbons (Fsp3) is 0.611. The minimum Gasteiger partial charge on any atom is -0.198 e. The highest BCUT2D eigenvalue weighted by Crippen LogP contribution is 2.47. The van der Waals surface area contributed by atoms with E-state index in [2.05, 4.69) is 61.0 Å². The van der Waals surface area contributed by atoms with Crippen LogP contribution in [0.1, 0.15) is 52.0 Å². The van der Waals surface area contributed by atoms with Gasteiger partial charge >= 0.3 is 0 Å². The second-order valence-electron chi connectivity index (χ2n) is 7.30. The molecule has 1 aliphatic rings. The van der Waals surface area contributed by atoms with E-state index < -0.39 is 0 Å². The zero-order chi connectivity index (χ0) is 14.8. The Bertz CT molecular complexity index is 499. The maximum absolute atomic E-state index is 9.72. The van der Waals surface area contributed by atoms with Gasteiger partial charge in [0.1, 0.15) is 0 Å². The Morgan fingerprint density at radius 2 is 1.85 bits per heavy atom. The molecule has 20 heavy (non-hydrogen) atoms. The molecule has 1 aromatic carbocycles. The molecule has 1 fully saturated rings. The molecule has 0 N–H and O–H groups in total. The lowest BCUT2D eigenvalue weighted by atomic mass is 9.63. The van der Waals surface area contributed by atoms with Gasteiger partial charge in [0.2, 0.25) is 0 Å². The second kappa shape index (κ2) is 5.90. The summed E-state index contributed by atoms with van der Waals surface area (Å²) in [5, 5.41) is 9.72. The van der Waals surface area contributed by atoms with Gasteiger partial charge in [0, 0.05) is 4.47 Å². The average Bonchev–Trinajstić information content (AvgIpc) is 2.41. The minimum absolute atomic E-state index is 0.161. The van der Waals surface area contributed by atoms with Crippen LogP contribution in [0, 0.1) is 28.1 Å². The van der Waals surface area contributed by atoms with E-state index in [1.807, 2.05) is 6.07 Å². The molecule has 108 valence electrons. The predicted molar refractivity (Wildman–Crippen MR) is 87.3 cm³/mol. The number of nitrogens with zero attached hydrogens (tertiary/aromatic N) is 1. The Morgan fingerprint density at radius 1 is 1.25 bits per heavy atom. The van der Waals surface area contributed by atoms with Crippen LogP contribution in [-0.4, -0.2) is 0 Å². The molecule has 1 aromatic rings. The monoisotopic (exact) mass is 333 g/mol. The Balaban J connectivity index is 2.10. The van der Waals surface area contributed by atoms with Crippen LogP contribution in [-0.2, 0) is 6.42 Å². The number of hydrogen-bond donors (Lipinski definition) is 0. The molecule has 0 spiro atoms. The lowest BCUT2D eigenvalue weighted by molar-refractivity contribution is 0.120. The van der Waals surface area contributed by atoms with Gasteiger partial charge in [-0.3, -0.25) is 0 Å². The van der Waals surface area contributed by atoms with Gasteiger partial charge in [-0.1, -0.05) is 54.9 Å². The second-order valence-corrected chi connectivity index (χ2v) is 8.15. The third-order valence-electron chi connectivity index (χ3n) is 4.89. The van der Waals surface area contributed by atoms with Gasteiger partial charge < -0.3 is 0 Å². The highest BCUT2D eigenvalue weighted by Gasteiger charge is 2.39. The molecule has 0 bridgehead atoms. The predicted octanol–water partition coefficient (Wildman–Crippen LogP) is 5.74. The first-order valence-electron chi connectivity index (χ1n) is 7.51. The number of halogens is 1. The summed E-state index contributed by atoms with van der Waals surface area (Å²) in [6, 6.07) is 10.9. The minimum atomic E-state index is -0.161. The highest BCUT2D eigenvalue weighted by molar-refractivity contribution is 9.10. The van der Waals surface area contributed by atoms with Crippen molar-refractivity contribution in [3.05, 3.63) is 34.3 Å².